The Hall–Kier alpha value is -2.92. The molecule has 0 saturated heterocycles. The van der Waals surface area contributed by atoms with Crippen LogP contribution in [-0.2, 0) is 22.4 Å². The SMILES string of the molecule is CCN(C(=O)CCc1ncc(-c2ccc(C)cc2)o1)C(COC)Cc1ccccc1. The molecule has 1 amide bonds. The van der Waals surface area contributed by atoms with Gasteiger partial charge in [0.2, 0.25) is 5.91 Å². The highest BCUT2D eigenvalue weighted by Crippen LogP contribution is 2.21. The molecule has 5 heteroatoms. The van der Waals surface area contributed by atoms with E-state index in [1.54, 1.807) is 13.3 Å². The first-order valence-electron chi connectivity index (χ1n) is 10.4. The minimum atomic E-state index is 0.00239. The van der Waals surface area contributed by atoms with Crippen molar-refractivity contribution in [1.29, 1.82) is 0 Å². The van der Waals surface area contributed by atoms with E-state index in [1.807, 2.05) is 54.3 Å². The van der Waals surface area contributed by atoms with Crippen molar-refractivity contribution in [3.8, 4) is 11.3 Å². The third-order valence-corrected chi connectivity index (χ3v) is 5.22. The maximum absolute atomic E-state index is 13.0. The Balaban J connectivity index is 1.62. The van der Waals surface area contributed by atoms with Gasteiger partial charge in [-0.1, -0.05) is 60.2 Å². The Bertz CT molecular complexity index is 919. The molecule has 0 radical (unpaired) electrons. The van der Waals surface area contributed by atoms with Crippen LogP contribution in [0, 0.1) is 6.92 Å². The molecule has 1 atom stereocenters. The summed E-state index contributed by atoms with van der Waals surface area (Å²) in [6.45, 7) is 5.20. The second-order valence-electron chi connectivity index (χ2n) is 7.46. The summed E-state index contributed by atoms with van der Waals surface area (Å²) in [6, 6.07) is 18.3. The number of amides is 1. The van der Waals surface area contributed by atoms with E-state index in [-0.39, 0.29) is 11.9 Å². The number of rotatable bonds is 10. The van der Waals surface area contributed by atoms with Crippen LogP contribution < -0.4 is 0 Å². The Morgan fingerprint density at radius 3 is 2.53 bits per heavy atom. The molecule has 1 heterocycles. The fraction of sp³-hybridized carbons (Fsp3) is 0.360. The van der Waals surface area contributed by atoms with Gasteiger partial charge in [0.25, 0.3) is 0 Å². The molecule has 30 heavy (non-hydrogen) atoms. The van der Waals surface area contributed by atoms with Gasteiger partial charge >= 0.3 is 0 Å². The van der Waals surface area contributed by atoms with Gasteiger partial charge in [-0.15, -0.1) is 0 Å². The second kappa shape index (κ2) is 10.7. The van der Waals surface area contributed by atoms with Crippen molar-refractivity contribution >= 4 is 5.91 Å². The van der Waals surface area contributed by atoms with E-state index in [1.165, 1.54) is 11.1 Å². The molecular formula is C25H30N2O3. The maximum atomic E-state index is 13.0. The summed E-state index contributed by atoms with van der Waals surface area (Å²) < 4.78 is 11.3. The zero-order valence-corrected chi connectivity index (χ0v) is 18.0. The molecule has 0 spiro atoms. The first kappa shape index (κ1) is 21.8. The Kier molecular flexibility index (Phi) is 7.80. The van der Waals surface area contributed by atoms with E-state index in [2.05, 4.69) is 24.0 Å². The predicted molar refractivity (Wildman–Crippen MR) is 118 cm³/mol. The van der Waals surface area contributed by atoms with Crippen LogP contribution in [0.1, 0.15) is 30.4 Å². The molecule has 0 aliphatic heterocycles. The Morgan fingerprint density at radius 1 is 1.13 bits per heavy atom. The fourth-order valence-electron chi connectivity index (χ4n) is 3.61. The Labute approximate surface area is 178 Å². The average Bonchev–Trinajstić information content (AvgIpc) is 3.23. The van der Waals surface area contributed by atoms with Gasteiger partial charge in [-0.3, -0.25) is 4.79 Å². The number of aryl methyl sites for hydroxylation is 2. The van der Waals surface area contributed by atoms with Crippen LogP contribution in [0.25, 0.3) is 11.3 Å². The van der Waals surface area contributed by atoms with Crippen molar-refractivity contribution in [2.24, 2.45) is 0 Å². The topological polar surface area (TPSA) is 55.6 Å². The molecular weight excluding hydrogens is 376 g/mol. The zero-order chi connectivity index (χ0) is 21.3. The number of carbonyl (C=O) groups excluding carboxylic acids is 1. The molecule has 5 nitrogen and oxygen atoms in total. The highest BCUT2D eigenvalue weighted by molar-refractivity contribution is 5.76. The molecule has 3 aromatic rings. The van der Waals surface area contributed by atoms with Gasteiger partial charge in [0, 0.05) is 32.1 Å². The van der Waals surface area contributed by atoms with Crippen LogP contribution in [-0.4, -0.2) is 42.1 Å². The number of carbonyl (C=O) groups is 1. The van der Waals surface area contributed by atoms with E-state index in [4.69, 9.17) is 9.15 Å². The van der Waals surface area contributed by atoms with Crippen LogP contribution >= 0.6 is 0 Å². The fourth-order valence-corrected chi connectivity index (χ4v) is 3.61. The number of methoxy groups -OCH3 is 1. The number of benzene rings is 2. The normalized spacial score (nSPS) is 12.0. The lowest BCUT2D eigenvalue weighted by molar-refractivity contribution is -0.134. The van der Waals surface area contributed by atoms with Gasteiger partial charge in [-0.2, -0.15) is 0 Å². The number of hydrogen-bond donors (Lipinski definition) is 0. The van der Waals surface area contributed by atoms with E-state index in [0.717, 1.165) is 17.7 Å². The van der Waals surface area contributed by atoms with Gasteiger partial charge in [-0.25, -0.2) is 4.98 Å². The molecule has 1 unspecified atom stereocenters. The van der Waals surface area contributed by atoms with Crippen molar-refractivity contribution in [3.05, 3.63) is 77.8 Å². The summed E-state index contributed by atoms with van der Waals surface area (Å²) in [5.74, 6) is 1.40. The third kappa shape index (κ3) is 5.80. The van der Waals surface area contributed by atoms with Gasteiger partial charge in [-0.05, 0) is 25.8 Å². The summed E-state index contributed by atoms with van der Waals surface area (Å²) in [7, 11) is 1.68. The molecule has 0 aliphatic carbocycles. The summed E-state index contributed by atoms with van der Waals surface area (Å²) in [5.41, 5.74) is 3.38. The molecule has 0 saturated carbocycles. The average molecular weight is 407 g/mol. The molecule has 2 aromatic carbocycles. The lowest BCUT2D eigenvalue weighted by atomic mass is 10.0. The highest BCUT2D eigenvalue weighted by atomic mass is 16.5. The van der Waals surface area contributed by atoms with E-state index < -0.39 is 0 Å². The molecule has 158 valence electrons. The second-order valence-corrected chi connectivity index (χ2v) is 7.46. The minimum absolute atomic E-state index is 0.00239. The quantitative estimate of drug-likeness (QED) is 0.490. The van der Waals surface area contributed by atoms with Gasteiger partial charge in [0.05, 0.1) is 18.8 Å². The molecule has 3 rings (SSSR count). The van der Waals surface area contributed by atoms with Crippen LogP contribution in [0.2, 0.25) is 0 Å². The largest absolute Gasteiger partial charge is 0.441 e. The number of oxazole rings is 1. The molecule has 0 fully saturated rings. The van der Waals surface area contributed by atoms with E-state index in [0.29, 0.717) is 31.9 Å². The maximum Gasteiger partial charge on any atom is 0.223 e. The van der Waals surface area contributed by atoms with E-state index in [9.17, 15) is 4.79 Å². The summed E-state index contributed by atoms with van der Waals surface area (Å²) in [6.07, 6.45) is 3.33. The van der Waals surface area contributed by atoms with Crippen LogP contribution in [0.4, 0.5) is 0 Å². The minimum Gasteiger partial charge on any atom is -0.441 e. The first-order valence-corrected chi connectivity index (χ1v) is 10.4. The Morgan fingerprint density at radius 2 is 1.87 bits per heavy atom. The van der Waals surface area contributed by atoms with Crippen LogP contribution in [0.3, 0.4) is 0 Å². The number of aromatic nitrogens is 1. The van der Waals surface area contributed by atoms with Crippen molar-refractivity contribution in [3.63, 3.8) is 0 Å². The van der Waals surface area contributed by atoms with Crippen molar-refractivity contribution < 1.29 is 13.9 Å². The van der Waals surface area contributed by atoms with Gasteiger partial charge < -0.3 is 14.1 Å². The smallest absolute Gasteiger partial charge is 0.223 e. The molecule has 0 N–H and O–H groups in total. The van der Waals surface area contributed by atoms with Crippen molar-refractivity contribution in [2.45, 2.75) is 39.2 Å². The lowest BCUT2D eigenvalue weighted by Crippen LogP contribution is -2.44. The van der Waals surface area contributed by atoms with Crippen LogP contribution in [0.5, 0.6) is 0 Å². The van der Waals surface area contributed by atoms with Gasteiger partial charge in [0.1, 0.15) is 0 Å². The first-order chi connectivity index (χ1) is 14.6. The summed E-state index contributed by atoms with van der Waals surface area (Å²) in [4.78, 5) is 19.2. The van der Waals surface area contributed by atoms with Crippen LogP contribution in [0.15, 0.2) is 65.2 Å². The third-order valence-electron chi connectivity index (χ3n) is 5.22. The predicted octanol–water partition coefficient (Wildman–Crippen LogP) is 4.69. The van der Waals surface area contributed by atoms with Crippen molar-refractivity contribution in [1.82, 2.24) is 9.88 Å². The molecule has 0 bridgehead atoms. The monoisotopic (exact) mass is 406 g/mol. The zero-order valence-electron chi connectivity index (χ0n) is 18.0. The van der Waals surface area contributed by atoms with Gasteiger partial charge in [0.15, 0.2) is 11.7 Å². The standard InChI is InChI=1S/C25H30N2O3/c1-4-27(22(18-29-3)16-20-8-6-5-7-9-20)25(28)15-14-24-26-17-23(30-24)21-12-10-19(2)11-13-21/h5-13,17,22H,4,14-16,18H2,1-3H3. The summed E-state index contributed by atoms with van der Waals surface area (Å²) >= 11 is 0. The lowest BCUT2D eigenvalue weighted by Gasteiger charge is -2.30. The highest BCUT2D eigenvalue weighted by Gasteiger charge is 2.23. The van der Waals surface area contributed by atoms with E-state index >= 15 is 0 Å². The molecule has 1 aromatic heterocycles. The van der Waals surface area contributed by atoms with Crippen molar-refractivity contribution in [2.75, 3.05) is 20.3 Å². The number of likely N-dealkylation sites (N-methyl/N-ethyl adjacent to an activating group) is 1. The number of hydrogen-bond acceptors (Lipinski definition) is 4. The number of nitrogens with zero attached hydrogens (tertiary/aromatic N) is 2. The molecule has 0 aliphatic rings. The number of ether oxygens (including phenoxy) is 1. The summed E-state index contributed by atoms with van der Waals surface area (Å²) in [5, 5.41) is 0.